The molecule has 1 aliphatic rings. The van der Waals surface area contributed by atoms with Crippen LogP contribution in [-0.2, 0) is 0 Å². The number of halogens is 1. The minimum Gasteiger partial charge on any atom is -0.391 e. The van der Waals surface area contributed by atoms with Gasteiger partial charge in [-0.1, -0.05) is 11.6 Å². The lowest BCUT2D eigenvalue weighted by Crippen LogP contribution is -2.37. The number of aliphatic hydroxyl groups excluding tert-OH is 1. The van der Waals surface area contributed by atoms with Crippen LogP contribution in [0.5, 0.6) is 0 Å². The Hall–Kier alpha value is -1.10. The fourth-order valence-corrected chi connectivity index (χ4v) is 3.03. The highest BCUT2D eigenvalue weighted by Gasteiger charge is 2.32. The van der Waals surface area contributed by atoms with Gasteiger partial charge in [0.15, 0.2) is 5.78 Å². The highest BCUT2D eigenvalue weighted by atomic mass is 35.5. The molecule has 5 heteroatoms. The van der Waals surface area contributed by atoms with Crippen LogP contribution in [0.15, 0.2) is 18.2 Å². The number of carbonyl (C=O) groups excluding carboxylic acids is 1. The molecule has 0 spiro atoms. The van der Waals surface area contributed by atoms with Crippen LogP contribution in [0.25, 0.3) is 0 Å². The van der Waals surface area contributed by atoms with E-state index in [-0.39, 0.29) is 17.9 Å². The number of nitrogens with zero attached hydrogens (tertiary/aromatic N) is 2. The largest absolute Gasteiger partial charge is 0.391 e. The van der Waals surface area contributed by atoms with Crippen LogP contribution in [-0.4, -0.2) is 55.1 Å². The van der Waals surface area contributed by atoms with Crippen LogP contribution in [0.4, 0.5) is 5.69 Å². The van der Waals surface area contributed by atoms with Crippen LogP contribution < -0.4 is 4.90 Å². The third-order valence-corrected chi connectivity index (χ3v) is 3.93. The molecule has 0 aliphatic carbocycles. The summed E-state index contributed by atoms with van der Waals surface area (Å²) in [5.41, 5.74) is 1.50. The van der Waals surface area contributed by atoms with Gasteiger partial charge in [0.05, 0.1) is 16.8 Å². The lowest BCUT2D eigenvalue weighted by Gasteiger charge is -2.29. The maximum Gasteiger partial charge on any atom is 0.159 e. The fourth-order valence-electron chi connectivity index (χ4n) is 2.74. The molecule has 1 saturated heterocycles. The number of likely N-dealkylation sites (N-methyl/N-ethyl adjacent to an activating group) is 1. The molecule has 2 atom stereocenters. The number of carbonyl (C=O) groups is 1. The second kappa shape index (κ2) is 6.12. The first kappa shape index (κ1) is 15.3. The van der Waals surface area contributed by atoms with Crippen molar-refractivity contribution < 1.29 is 9.90 Å². The van der Waals surface area contributed by atoms with Crippen molar-refractivity contribution in [3.8, 4) is 0 Å². The molecule has 0 radical (unpaired) electrons. The SMILES string of the molecule is CC(=O)c1ccc(N2CC(O)CC2CN(C)C)c(Cl)c1. The highest BCUT2D eigenvalue weighted by Crippen LogP contribution is 2.33. The molecular formula is C15H21ClN2O2. The summed E-state index contributed by atoms with van der Waals surface area (Å²) in [5.74, 6) is 0.00440. The van der Waals surface area contributed by atoms with Gasteiger partial charge >= 0.3 is 0 Å². The van der Waals surface area contributed by atoms with Gasteiger partial charge in [-0.05, 0) is 45.6 Å². The molecule has 1 heterocycles. The molecule has 110 valence electrons. The van der Waals surface area contributed by atoms with Crippen molar-refractivity contribution in [3.63, 3.8) is 0 Å². The molecule has 1 aromatic rings. The Kier molecular flexibility index (Phi) is 4.68. The number of benzene rings is 1. The fraction of sp³-hybridized carbons (Fsp3) is 0.533. The van der Waals surface area contributed by atoms with E-state index in [4.69, 9.17) is 11.6 Å². The van der Waals surface area contributed by atoms with Crippen LogP contribution >= 0.6 is 11.6 Å². The number of rotatable bonds is 4. The normalized spacial score (nSPS) is 22.6. The molecule has 2 rings (SSSR count). The van der Waals surface area contributed by atoms with Crippen molar-refractivity contribution in [2.45, 2.75) is 25.5 Å². The minimum atomic E-state index is -0.330. The molecule has 1 aromatic carbocycles. The predicted molar refractivity (Wildman–Crippen MR) is 81.8 cm³/mol. The third kappa shape index (κ3) is 3.32. The number of β-amino-alcohol motifs (C(OH)–C–C–N with tert-alkyl or cyclic N) is 1. The van der Waals surface area contributed by atoms with E-state index in [0.29, 0.717) is 17.1 Å². The van der Waals surface area contributed by atoms with Crippen molar-refractivity contribution in [2.24, 2.45) is 0 Å². The Morgan fingerprint density at radius 1 is 1.50 bits per heavy atom. The zero-order chi connectivity index (χ0) is 14.9. The summed E-state index contributed by atoms with van der Waals surface area (Å²) in [5, 5.41) is 10.5. The maximum atomic E-state index is 11.4. The van der Waals surface area contributed by atoms with Crippen LogP contribution in [0.2, 0.25) is 5.02 Å². The Morgan fingerprint density at radius 3 is 2.75 bits per heavy atom. The molecule has 1 aliphatic heterocycles. The van der Waals surface area contributed by atoms with E-state index in [9.17, 15) is 9.90 Å². The van der Waals surface area contributed by atoms with Crippen molar-refractivity contribution >= 4 is 23.1 Å². The number of hydrogen-bond acceptors (Lipinski definition) is 4. The Labute approximate surface area is 124 Å². The molecule has 2 unspecified atom stereocenters. The van der Waals surface area contributed by atoms with Crippen molar-refractivity contribution in [2.75, 3.05) is 32.1 Å². The zero-order valence-electron chi connectivity index (χ0n) is 12.1. The first-order chi connectivity index (χ1) is 9.38. The third-order valence-electron chi connectivity index (χ3n) is 3.63. The molecule has 0 bridgehead atoms. The second-order valence-electron chi connectivity index (χ2n) is 5.68. The molecule has 0 saturated carbocycles. The lowest BCUT2D eigenvalue weighted by molar-refractivity contribution is 0.101. The van der Waals surface area contributed by atoms with E-state index in [0.717, 1.165) is 18.7 Å². The van der Waals surface area contributed by atoms with Crippen molar-refractivity contribution in [3.05, 3.63) is 28.8 Å². The summed E-state index contributed by atoms with van der Waals surface area (Å²) in [7, 11) is 4.03. The van der Waals surface area contributed by atoms with Crippen molar-refractivity contribution in [1.82, 2.24) is 4.90 Å². The monoisotopic (exact) mass is 296 g/mol. The number of aliphatic hydroxyl groups is 1. The Morgan fingerprint density at radius 2 is 2.20 bits per heavy atom. The summed E-state index contributed by atoms with van der Waals surface area (Å²) in [6.07, 6.45) is 0.409. The minimum absolute atomic E-state index is 0.00440. The Balaban J connectivity index is 2.27. The van der Waals surface area contributed by atoms with E-state index < -0.39 is 0 Å². The summed E-state index contributed by atoms with van der Waals surface area (Å²) in [6.45, 7) is 2.97. The molecule has 4 nitrogen and oxygen atoms in total. The van der Waals surface area contributed by atoms with Gasteiger partial charge in [0.2, 0.25) is 0 Å². The van der Waals surface area contributed by atoms with E-state index in [1.54, 1.807) is 12.1 Å². The topological polar surface area (TPSA) is 43.8 Å². The van der Waals surface area contributed by atoms with Gasteiger partial charge in [-0.25, -0.2) is 0 Å². The highest BCUT2D eigenvalue weighted by molar-refractivity contribution is 6.33. The van der Waals surface area contributed by atoms with E-state index in [1.807, 2.05) is 20.2 Å². The van der Waals surface area contributed by atoms with Gasteiger partial charge in [-0.2, -0.15) is 0 Å². The number of Topliss-reactive ketones (excluding diaryl/α,β-unsaturated/α-hetero) is 1. The molecule has 1 fully saturated rings. The summed E-state index contributed by atoms with van der Waals surface area (Å²) in [6, 6.07) is 5.61. The van der Waals surface area contributed by atoms with E-state index >= 15 is 0 Å². The zero-order valence-corrected chi connectivity index (χ0v) is 12.9. The van der Waals surface area contributed by atoms with Gasteiger partial charge < -0.3 is 14.9 Å². The summed E-state index contributed by atoms with van der Waals surface area (Å²) < 4.78 is 0. The van der Waals surface area contributed by atoms with Gasteiger partial charge in [0.1, 0.15) is 0 Å². The molecular weight excluding hydrogens is 276 g/mol. The summed E-state index contributed by atoms with van der Waals surface area (Å²) in [4.78, 5) is 15.6. The van der Waals surface area contributed by atoms with Crippen LogP contribution in [0.3, 0.4) is 0 Å². The number of hydrogen-bond donors (Lipinski definition) is 1. The average Bonchev–Trinajstić information content (AvgIpc) is 2.68. The average molecular weight is 297 g/mol. The van der Waals surface area contributed by atoms with E-state index in [2.05, 4.69) is 9.80 Å². The van der Waals surface area contributed by atoms with Gasteiger partial charge in [0, 0.05) is 24.7 Å². The first-order valence-corrected chi connectivity index (χ1v) is 7.16. The van der Waals surface area contributed by atoms with Gasteiger partial charge in [-0.3, -0.25) is 4.79 Å². The quantitative estimate of drug-likeness (QED) is 0.864. The first-order valence-electron chi connectivity index (χ1n) is 6.78. The number of anilines is 1. The maximum absolute atomic E-state index is 11.4. The van der Waals surface area contributed by atoms with Crippen molar-refractivity contribution in [1.29, 1.82) is 0 Å². The lowest BCUT2D eigenvalue weighted by atomic mass is 10.1. The molecule has 1 N–H and O–H groups in total. The smallest absolute Gasteiger partial charge is 0.159 e. The standard InChI is InChI=1S/C15H21ClN2O2/c1-10(19)11-4-5-15(14(16)6-11)18-9-13(20)7-12(18)8-17(2)3/h4-6,12-13,20H,7-9H2,1-3H3. The van der Waals surface area contributed by atoms with Gasteiger partial charge in [-0.15, -0.1) is 0 Å². The molecule has 0 amide bonds. The van der Waals surface area contributed by atoms with E-state index in [1.165, 1.54) is 6.92 Å². The number of ketones is 1. The van der Waals surface area contributed by atoms with Crippen LogP contribution in [0.1, 0.15) is 23.7 Å². The molecule has 20 heavy (non-hydrogen) atoms. The van der Waals surface area contributed by atoms with Gasteiger partial charge in [0.25, 0.3) is 0 Å². The second-order valence-corrected chi connectivity index (χ2v) is 6.09. The summed E-state index contributed by atoms with van der Waals surface area (Å²) >= 11 is 6.31. The predicted octanol–water partition coefficient (Wildman–Crippen LogP) is 2.04. The van der Waals surface area contributed by atoms with Crippen LogP contribution in [0, 0.1) is 0 Å². The Bertz CT molecular complexity index is 505. The molecule has 0 aromatic heterocycles.